The van der Waals surface area contributed by atoms with Crippen LogP contribution in [0.2, 0.25) is 10.0 Å². The molecule has 2 aromatic carbocycles. The smallest absolute Gasteiger partial charge is 0.0595 e. The minimum atomic E-state index is 0.623. The molecule has 0 aromatic heterocycles. The topological polar surface area (TPSA) is 6.48 Å². The molecule has 1 aliphatic heterocycles. The van der Waals surface area contributed by atoms with E-state index in [0.717, 1.165) is 39.3 Å². The summed E-state index contributed by atoms with van der Waals surface area (Å²) in [7, 11) is 0. The summed E-state index contributed by atoms with van der Waals surface area (Å²) >= 11 is 12.1. The zero-order chi connectivity index (χ0) is 16.2. The van der Waals surface area contributed by atoms with Gasteiger partial charge in [-0.3, -0.25) is 9.80 Å². The van der Waals surface area contributed by atoms with Gasteiger partial charge in [-0.05, 0) is 30.2 Å². The predicted octanol–water partition coefficient (Wildman–Crippen LogP) is 4.62. The fourth-order valence-corrected chi connectivity index (χ4v) is 3.27. The highest BCUT2D eigenvalue weighted by Crippen LogP contribution is 2.23. The van der Waals surface area contributed by atoms with E-state index in [-0.39, 0.29) is 0 Å². The summed E-state index contributed by atoms with van der Waals surface area (Å²) in [6, 6.07) is 14.8. The second-order valence-corrected chi connectivity index (χ2v) is 7.10. The highest BCUT2D eigenvalue weighted by Gasteiger charge is 2.17. The summed E-state index contributed by atoms with van der Waals surface area (Å²) < 4.78 is 0. The first-order valence-corrected chi connectivity index (χ1v) is 8.80. The molecule has 2 nitrogen and oxygen atoms in total. The molecule has 0 bridgehead atoms. The van der Waals surface area contributed by atoms with Gasteiger partial charge in [0.1, 0.15) is 0 Å². The highest BCUT2D eigenvalue weighted by molar-refractivity contribution is 6.42. The molecule has 1 aliphatic rings. The first-order chi connectivity index (χ1) is 11.1. The number of halogens is 2. The van der Waals surface area contributed by atoms with Gasteiger partial charge in [-0.1, -0.05) is 59.1 Å². The third kappa shape index (κ3) is 4.71. The van der Waals surface area contributed by atoms with Crippen LogP contribution in [0.1, 0.15) is 16.7 Å². The van der Waals surface area contributed by atoms with Crippen molar-refractivity contribution in [3.05, 3.63) is 69.2 Å². The SMILES string of the molecule is Cc1ccc(CN2CCN(Cc3ccc(Cl)c(Cl)c3)CC2)cc1. The van der Waals surface area contributed by atoms with Crippen molar-refractivity contribution in [2.75, 3.05) is 26.2 Å². The van der Waals surface area contributed by atoms with E-state index in [2.05, 4.69) is 47.1 Å². The van der Waals surface area contributed by atoms with Gasteiger partial charge < -0.3 is 0 Å². The van der Waals surface area contributed by atoms with Crippen LogP contribution in [0.3, 0.4) is 0 Å². The molecule has 0 atom stereocenters. The molecule has 4 heteroatoms. The van der Waals surface area contributed by atoms with E-state index in [4.69, 9.17) is 23.2 Å². The lowest BCUT2D eigenvalue weighted by Gasteiger charge is -2.34. The van der Waals surface area contributed by atoms with Crippen LogP contribution in [-0.2, 0) is 13.1 Å². The molecular weight excluding hydrogens is 327 g/mol. The van der Waals surface area contributed by atoms with E-state index in [1.807, 2.05) is 12.1 Å². The summed E-state index contributed by atoms with van der Waals surface area (Å²) in [5, 5.41) is 1.26. The van der Waals surface area contributed by atoms with Crippen LogP contribution >= 0.6 is 23.2 Å². The van der Waals surface area contributed by atoms with E-state index in [1.165, 1.54) is 16.7 Å². The average molecular weight is 349 g/mol. The molecule has 0 radical (unpaired) electrons. The molecule has 0 amide bonds. The van der Waals surface area contributed by atoms with Crippen LogP contribution in [0.5, 0.6) is 0 Å². The Balaban J connectivity index is 1.50. The molecule has 0 saturated carbocycles. The highest BCUT2D eigenvalue weighted by atomic mass is 35.5. The van der Waals surface area contributed by atoms with Crippen molar-refractivity contribution in [2.24, 2.45) is 0 Å². The molecule has 2 aromatic rings. The fraction of sp³-hybridized carbons (Fsp3) is 0.368. The van der Waals surface area contributed by atoms with Crippen LogP contribution < -0.4 is 0 Å². The van der Waals surface area contributed by atoms with Gasteiger partial charge in [-0.15, -0.1) is 0 Å². The van der Waals surface area contributed by atoms with E-state index in [9.17, 15) is 0 Å². The Kier molecular flexibility index (Phi) is 5.60. The molecular formula is C19H22Cl2N2. The maximum Gasteiger partial charge on any atom is 0.0595 e. The van der Waals surface area contributed by atoms with Crippen molar-refractivity contribution < 1.29 is 0 Å². The molecule has 1 saturated heterocycles. The van der Waals surface area contributed by atoms with Gasteiger partial charge in [0, 0.05) is 39.3 Å². The van der Waals surface area contributed by atoms with Gasteiger partial charge in [0.05, 0.1) is 10.0 Å². The Bertz CT molecular complexity index is 647. The predicted molar refractivity (Wildman–Crippen MR) is 98.2 cm³/mol. The first-order valence-electron chi connectivity index (χ1n) is 8.04. The van der Waals surface area contributed by atoms with Crippen LogP contribution in [0.15, 0.2) is 42.5 Å². The maximum absolute atomic E-state index is 6.10. The Hall–Kier alpha value is -1.06. The number of rotatable bonds is 4. The van der Waals surface area contributed by atoms with Crippen LogP contribution in [0, 0.1) is 6.92 Å². The van der Waals surface area contributed by atoms with Gasteiger partial charge in [0.2, 0.25) is 0 Å². The summed E-state index contributed by atoms with van der Waals surface area (Å²) in [6.45, 7) is 8.50. The zero-order valence-corrected chi connectivity index (χ0v) is 14.9. The van der Waals surface area contributed by atoms with Gasteiger partial charge in [0.25, 0.3) is 0 Å². The minimum Gasteiger partial charge on any atom is -0.297 e. The van der Waals surface area contributed by atoms with Gasteiger partial charge >= 0.3 is 0 Å². The quantitative estimate of drug-likeness (QED) is 0.795. The van der Waals surface area contributed by atoms with Crippen LogP contribution in [0.25, 0.3) is 0 Å². The van der Waals surface area contributed by atoms with Crippen molar-refractivity contribution in [3.8, 4) is 0 Å². The largest absolute Gasteiger partial charge is 0.297 e. The Morgan fingerprint density at radius 3 is 1.83 bits per heavy atom. The second kappa shape index (κ2) is 7.67. The number of aryl methyl sites for hydroxylation is 1. The second-order valence-electron chi connectivity index (χ2n) is 6.29. The van der Waals surface area contributed by atoms with Crippen molar-refractivity contribution in [1.82, 2.24) is 9.80 Å². The molecule has 1 fully saturated rings. The standard InChI is InChI=1S/C19H22Cl2N2/c1-15-2-4-16(5-3-15)13-22-8-10-23(11-9-22)14-17-6-7-18(20)19(21)12-17/h2-7,12H,8-11,13-14H2,1H3. The number of nitrogens with zero attached hydrogens (tertiary/aromatic N) is 2. The Morgan fingerprint density at radius 2 is 1.26 bits per heavy atom. The minimum absolute atomic E-state index is 0.623. The molecule has 0 aliphatic carbocycles. The normalized spacial score (nSPS) is 16.7. The third-order valence-corrected chi connectivity index (χ3v) is 5.12. The van der Waals surface area contributed by atoms with Crippen molar-refractivity contribution in [3.63, 3.8) is 0 Å². The fourth-order valence-electron chi connectivity index (χ4n) is 2.95. The summed E-state index contributed by atoms with van der Waals surface area (Å²) in [4.78, 5) is 5.00. The van der Waals surface area contributed by atoms with E-state index in [0.29, 0.717) is 10.0 Å². The summed E-state index contributed by atoms with van der Waals surface area (Å²) in [5.74, 6) is 0. The average Bonchev–Trinajstić information content (AvgIpc) is 2.55. The van der Waals surface area contributed by atoms with Crippen molar-refractivity contribution in [2.45, 2.75) is 20.0 Å². The molecule has 122 valence electrons. The molecule has 1 heterocycles. The summed E-state index contributed by atoms with van der Waals surface area (Å²) in [6.07, 6.45) is 0. The molecule has 0 N–H and O–H groups in total. The zero-order valence-electron chi connectivity index (χ0n) is 13.4. The Labute approximate surface area is 148 Å². The van der Waals surface area contributed by atoms with Crippen LogP contribution in [-0.4, -0.2) is 36.0 Å². The van der Waals surface area contributed by atoms with Crippen LogP contribution in [0.4, 0.5) is 0 Å². The molecule has 0 unspecified atom stereocenters. The molecule has 23 heavy (non-hydrogen) atoms. The lowest BCUT2D eigenvalue weighted by molar-refractivity contribution is 0.122. The monoisotopic (exact) mass is 348 g/mol. The molecule has 0 spiro atoms. The number of piperazine rings is 1. The lowest BCUT2D eigenvalue weighted by Crippen LogP contribution is -2.45. The van der Waals surface area contributed by atoms with Crippen molar-refractivity contribution in [1.29, 1.82) is 0 Å². The number of benzene rings is 2. The van der Waals surface area contributed by atoms with E-state index < -0.39 is 0 Å². The summed E-state index contributed by atoms with van der Waals surface area (Å²) in [5.41, 5.74) is 3.94. The first kappa shape index (κ1) is 16.8. The van der Waals surface area contributed by atoms with E-state index >= 15 is 0 Å². The number of hydrogen-bond acceptors (Lipinski definition) is 2. The maximum atomic E-state index is 6.10. The third-order valence-electron chi connectivity index (χ3n) is 4.38. The lowest BCUT2D eigenvalue weighted by atomic mass is 10.1. The molecule has 3 rings (SSSR count). The van der Waals surface area contributed by atoms with Crippen molar-refractivity contribution >= 4 is 23.2 Å². The number of hydrogen-bond donors (Lipinski definition) is 0. The van der Waals surface area contributed by atoms with Gasteiger partial charge in [0.15, 0.2) is 0 Å². The Morgan fingerprint density at radius 1 is 0.739 bits per heavy atom. The van der Waals surface area contributed by atoms with Gasteiger partial charge in [-0.2, -0.15) is 0 Å². The van der Waals surface area contributed by atoms with E-state index in [1.54, 1.807) is 0 Å². The van der Waals surface area contributed by atoms with Gasteiger partial charge in [-0.25, -0.2) is 0 Å².